The van der Waals surface area contributed by atoms with Crippen molar-refractivity contribution in [2.75, 3.05) is 6.61 Å². The number of carbonyl (C=O) groups excluding carboxylic acids is 1. The first-order chi connectivity index (χ1) is 7.99. The predicted octanol–water partition coefficient (Wildman–Crippen LogP) is -0.456. The lowest BCUT2D eigenvalue weighted by atomic mass is 10.3. The molecule has 0 aliphatic heterocycles. The molecule has 0 saturated heterocycles. The number of urea groups is 1. The Kier molecular flexibility index (Phi) is 4.46. The predicted molar refractivity (Wildman–Crippen MR) is 56.9 cm³/mol. The molecule has 0 bridgehead atoms. The standard InChI is InChI=1S/C9H14N4O4/c1-6-7(4-13(2)11-6)3-10-9(16)12-17-5-8(14)15/h4H,3,5H2,1-2H3,(H,14,15)(H2,10,12,16). The van der Waals surface area contributed by atoms with Crippen molar-refractivity contribution in [2.45, 2.75) is 13.5 Å². The van der Waals surface area contributed by atoms with Crippen LogP contribution in [0.15, 0.2) is 6.20 Å². The number of carboxylic acids is 1. The third-order valence-corrected chi connectivity index (χ3v) is 1.92. The van der Waals surface area contributed by atoms with Crippen LogP contribution in [0.4, 0.5) is 4.79 Å². The van der Waals surface area contributed by atoms with Gasteiger partial charge < -0.3 is 10.4 Å². The lowest BCUT2D eigenvalue weighted by Gasteiger charge is -2.05. The van der Waals surface area contributed by atoms with E-state index in [1.54, 1.807) is 17.9 Å². The van der Waals surface area contributed by atoms with E-state index in [-0.39, 0.29) is 0 Å². The largest absolute Gasteiger partial charge is 0.479 e. The monoisotopic (exact) mass is 242 g/mol. The van der Waals surface area contributed by atoms with Crippen LogP contribution in [0.2, 0.25) is 0 Å². The van der Waals surface area contributed by atoms with Gasteiger partial charge >= 0.3 is 12.0 Å². The summed E-state index contributed by atoms with van der Waals surface area (Å²) in [5.74, 6) is -1.16. The highest BCUT2D eigenvalue weighted by Crippen LogP contribution is 2.03. The lowest BCUT2D eigenvalue weighted by molar-refractivity contribution is -0.144. The zero-order chi connectivity index (χ0) is 12.8. The summed E-state index contributed by atoms with van der Waals surface area (Å²) in [4.78, 5) is 25.6. The molecule has 0 aliphatic carbocycles. The lowest BCUT2D eigenvalue weighted by Crippen LogP contribution is -2.36. The van der Waals surface area contributed by atoms with Gasteiger partial charge in [0.05, 0.1) is 5.69 Å². The first kappa shape index (κ1) is 13.0. The van der Waals surface area contributed by atoms with Crippen LogP contribution in [0.3, 0.4) is 0 Å². The molecule has 0 spiro atoms. The van der Waals surface area contributed by atoms with Crippen molar-refractivity contribution in [1.82, 2.24) is 20.6 Å². The van der Waals surface area contributed by atoms with E-state index in [2.05, 4.69) is 15.3 Å². The molecule has 17 heavy (non-hydrogen) atoms. The Hall–Kier alpha value is -2.09. The van der Waals surface area contributed by atoms with E-state index in [1.165, 1.54) is 0 Å². The smallest absolute Gasteiger partial charge is 0.338 e. The second-order valence-electron chi connectivity index (χ2n) is 3.38. The highest BCUT2D eigenvalue weighted by Gasteiger charge is 2.06. The molecule has 2 amide bonds. The molecule has 0 atom stereocenters. The number of hydroxylamine groups is 1. The minimum absolute atomic E-state index is 0.294. The second kappa shape index (κ2) is 5.85. The quantitative estimate of drug-likeness (QED) is 0.606. The fourth-order valence-corrected chi connectivity index (χ4v) is 1.20. The summed E-state index contributed by atoms with van der Waals surface area (Å²) in [7, 11) is 1.78. The molecule has 1 rings (SSSR count). The summed E-state index contributed by atoms with van der Waals surface area (Å²) in [6.07, 6.45) is 1.79. The van der Waals surface area contributed by atoms with E-state index < -0.39 is 18.6 Å². The van der Waals surface area contributed by atoms with Gasteiger partial charge in [-0.2, -0.15) is 5.10 Å². The molecule has 1 aromatic rings. The number of aryl methyl sites for hydroxylation is 2. The van der Waals surface area contributed by atoms with Gasteiger partial charge in [-0.15, -0.1) is 0 Å². The SMILES string of the molecule is Cc1nn(C)cc1CNC(=O)NOCC(=O)O. The Bertz CT molecular complexity index is 415. The number of carboxylic acid groups (broad SMARTS) is 1. The maximum atomic E-state index is 11.1. The maximum absolute atomic E-state index is 11.1. The van der Waals surface area contributed by atoms with Gasteiger partial charge in [0.2, 0.25) is 0 Å². The fourth-order valence-electron chi connectivity index (χ4n) is 1.20. The van der Waals surface area contributed by atoms with Gasteiger partial charge in [0.15, 0.2) is 6.61 Å². The Morgan fingerprint density at radius 3 is 2.82 bits per heavy atom. The van der Waals surface area contributed by atoms with Crippen molar-refractivity contribution in [1.29, 1.82) is 0 Å². The van der Waals surface area contributed by atoms with E-state index in [4.69, 9.17) is 5.11 Å². The average Bonchev–Trinajstić information content (AvgIpc) is 2.54. The van der Waals surface area contributed by atoms with E-state index in [0.717, 1.165) is 11.3 Å². The van der Waals surface area contributed by atoms with Crippen LogP contribution in [-0.2, 0) is 23.2 Å². The maximum Gasteiger partial charge on any atom is 0.338 e. The fraction of sp³-hybridized carbons (Fsp3) is 0.444. The zero-order valence-electron chi connectivity index (χ0n) is 9.56. The number of hydrogen-bond donors (Lipinski definition) is 3. The highest BCUT2D eigenvalue weighted by molar-refractivity contribution is 5.73. The average molecular weight is 242 g/mol. The number of rotatable bonds is 5. The van der Waals surface area contributed by atoms with Crippen molar-refractivity contribution in [2.24, 2.45) is 7.05 Å². The summed E-state index contributed by atoms with van der Waals surface area (Å²) in [5, 5.41) is 14.9. The number of nitrogens with one attached hydrogen (secondary N) is 2. The van der Waals surface area contributed by atoms with Gasteiger partial charge in [-0.25, -0.2) is 15.1 Å². The Morgan fingerprint density at radius 1 is 1.59 bits per heavy atom. The number of amides is 2. The van der Waals surface area contributed by atoms with Gasteiger partial charge in [0.25, 0.3) is 0 Å². The normalized spacial score (nSPS) is 10.0. The molecule has 0 aromatic carbocycles. The molecule has 0 unspecified atom stereocenters. The zero-order valence-corrected chi connectivity index (χ0v) is 9.56. The summed E-state index contributed by atoms with van der Waals surface area (Å²) in [6.45, 7) is 1.54. The molecular formula is C9H14N4O4. The molecule has 1 aromatic heterocycles. The van der Waals surface area contributed by atoms with Crippen molar-refractivity contribution in [3.63, 3.8) is 0 Å². The Labute approximate surface area is 97.5 Å². The van der Waals surface area contributed by atoms with E-state index in [9.17, 15) is 9.59 Å². The van der Waals surface area contributed by atoms with Crippen LogP contribution >= 0.6 is 0 Å². The summed E-state index contributed by atoms with van der Waals surface area (Å²) >= 11 is 0. The summed E-state index contributed by atoms with van der Waals surface area (Å²) in [5.41, 5.74) is 3.65. The van der Waals surface area contributed by atoms with Gasteiger partial charge in [-0.3, -0.25) is 9.52 Å². The van der Waals surface area contributed by atoms with Crippen LogP contribution in [-0.4, -0.2) is 33.5 Å². The van der Waals surface area contributed by atoms with Gasteiger partial charge in [0, 0.05) is 25.4 Å². The first-order valence-corrected chi connectivity index (χ1v) is 4.85. The van der Waals surface area contributed by atoms with Crippen LogP contribution in [0.1, 0.15) is 11.3 Å². The van der Waals surface area contributed by atoms with Crippen molar-refractivity contribution in [3.05, 3.63) is 17.5 Å². The topological polar surface area (TPSA) is 105 Å². The number of hydrogen-bond acceptors (Lipinski definition) is 4. The second-order valence-corrected chi connectivity index (χ2v) is 3.38. The first-order valence-electron chi connectivity index (χ1n) is 4.85. The minimum Gasteiger partial charge on any atom is -0.479 e. The van der Waals surface area contributed by atoms with Crippen LogP contribution in [0, 0.1) is 6.92 Å². The molecule has 0 saturated carbocycles. The number of aliphatic carboxylic acids is 1. The minimum atomic E-state index is -1.16. The van der Waals surface area contributed by atoms with Gasteiger partial charge in [-0.05, 0) is 6.92 Å². The van der Waals surface area contributed by atoms with Crippen molar-refractivity contribution >= 4 is 12.0 Å². The molecule has 0 aliphatic rings. The molecule has 1 heterocycles. The third-order valence-electron chi connectivity index (χ3n) is 1.92. The van der Waals surface area contributed by atoms with Crippen molar-refractivity contribution < 1.29 is 19.5 Å². The van der Waals surface area contributed by atoms with Gasteiger partial charge in [0.1, 0.15) is 0 Å². The van der Waals surface area contributed by atoms with Gasteiger partial charge in [-0.1, -0.05) is 0 Å². The van der Waals surface area contributed by atoms with Crippen LogP contribution in [0.5, 0.6) is 0 Å². The number of nitrogens with zero attached hydrogens (tertiary/aromatic N) is 2. The third kappa shape index (κ3) is 4.51. The van der Waals surface area contributed by atoms with E-state index in [0.29, 0.717) is 6.54 Å². The number of carbonyl (C=O) groups is 2. The molecule has 94 valence electrons. The Morgan fingerprint density at radius 2 is 2.29 bits per heavy atom. The number of aromatic nitrogens is 2. The summed E-state index contributed by atoms with van der Waals surface area (Å²) in [6, 6.07) is -0.602. The molecule has 8 heteroatoms. The van der Waals surface area contributed by atoms with E-state index in [1.807, 2.05) is 12.4 Å². The highest BCUT2D eigenvalue weighted by atomic mass is 16.7. The molecule has 3 N–H and O–H groups in total. The molecule has 0 fully saturated rings. The van der Waals surface area contributed by atoms with Crippen molar-refractivity contribution in [3.8, 4) is 0 Å². The van der Waals surface area contributed by atoms with Crippen LogP contribution < -0.4 is 10.8 Å². The van der Waals surface area contributed by atoms with E-state index >= 15 is 0 Å². The molecule has 0 radical (unpaired) electrons. The van der Waals surface area contributed by atoms with Crippen LogP contribution in [0.25, 0.3) is 0 Å². The molecule has 8 nitrogen and oxygen atoms in total. The summed E-state index contributed by atoms with van der Waals surface area (Å²) < 4.78 is 1.64. The Balaban J connectivity index is 2.28. The molecular weight excluding hydrogens is 228 g/mol.